The first-order chi connectivity index (χ1) is 11.2. The summed E-state index contributed by atoms with van der Waals surface area (Å²) in [6.45, 7) is 1.33. The predicted molar refractivity (Wildman–Crippen MR) is 94.6 cm³/mol. The summed E-state index contributed by atoms with van der Waals surface area (Å²) in [4.78, 5) is 14.7. The van der Waals surface area contributed by atoms with E-state index in [1.165, 1.54) is 0 Å². The van der Waals surface area contributed by atoms with E-state index in [0.29, 0.717) is 17.1 Å². The van der Waals surface area contributed by atoms with Crippen LogP contribution in [0.4, 0.5) is 0 Å². The molecule has 1 aliphatic rings. The van der Waals surface area contributed by atoms with E-state index in [1.807, 2.05) is 53.4 Å². The van der Waals surface area contributed by atoms with Crippen molar-refractivity contribution in [3.8, 4) is 11.1 Å². The molecule has 1 aliphatic heterocycles. The number of hydrogen-bond donors (Lipinski definition) is 1. The van der Waals surface area contributed by atoms with Gasteiger partial charge in [0.25, 0.3) is 5.91 Å². The van der Waals surface area contributed by atoms with Crippen molar-refractivity contribution in [1.29, 1.82) is 0 Å². The lowest BCUT2D eigenvalue weighted by Gasteiger charge is -2.35. The Kier molecular flexibility index (Phi) is 4.99. The van der Waals surface area contributed by atoms with Crippen molar-refractivity contribution in [2.24, 2.45) is 5.73 Å². The summed E-state index contributed by atoms with van der Waals surface area (Å²) in [5, 5.41) is 0.714. The van der Waals surface area contributed by atoms with Gasteiger partial charge in [0.05, 0.1) is 0 Å². The maximum atomic E-state index is 12.7. The van der Waals surface area contributed by atoms with Gasteiger partial charge in [-0.25, -0.2) is 0 Å². The number of halogens is 1. The fourth-order valence-electron chi connectivity index (χ4n) is 3.17. The number of rotatable bonds is 3. The molecule has 120 valence electrons. The van der Waals surface area contributed by atoms with Crippen LogP contribution in [0.3, 0.4) is 0 Å². The van der Waals surface area contributed by atoms with Crippen molar-refractivity contribution in [1.82, 2.24) is 4.90 Å². The van der Waals surface area contributed by atoms with Gasteiger partial charge in [0.1, 0.15) is 0 Å². The first-order valence-corrected chi connectivity index (χ1v) is 8.44. The molecule has 23 heavy (non-hydrogen) atoms. The molecular weight excluding hydrogens is 308 g/mol. The van der Waals surface area contributed by atoms with Crippen LogP contribution >= 0.6 is 11.6 Å². The molecule has 1 heterocycles. The maximum Gasteiger partial charge on any atom is 0.254 e. The normalized spacial score (nSPS) is 18.0. The lowest BCUT2D eigenvalue weighted by atomic mass is 9.99. The van der Waals surface area contributed by atoms with Crippen LogP contribution in [0.5, 0.6) is 0 Å². The largest absolute Gasteiger partial charge is 0.334 e. The Bertz CT molecular complexity index is 684. The van der Waals surface area contributed by atoms with Gasteiger partial charge in [0.15, 0.2) is 0 Å². The number of carbonyl (C=O) groups is 1. The quantitative estimate of drug-likeness (QED) is 0.927. The average molecular weight is 329 g/mol. The SMILES string of the molecule is NCC1CCCCN1C(=O)c1ccc(-c2ccccc2Cl)cc1. The second kappa shape index (κ2) is 7.16. The van der Waals surface area contributed by atoms with Gasteiger partial charge in [-0.3, -0.25) is 4.79 Å². The maximum absolute atomic E-state index is 12.7. The van der Waals surface area contributed by atoms with Gasteiger partial charge < -0.3 is 10.6 Å². The summed E-state index contributed by atoms with van der Waals surface area (Å²) in [6.07, 6.45) is 3.21. The number of benzene rings is 2. The van der Waals surface area contributed by atoms with E-state index in [4.69, 9.17) is 17.3 Å². The molecule has 3 rings (SSSR count). The highest BCUT2D eigenvalue weighted by molar-refractivity contribution is 6.33. The number of carbonyl (C=O) groups excluding carboxylic acids is 1. The number of amides is 1. The molecular formula is C19H21ClN2O. The second-order valence-electron chi connectivity index (χ2n) is 5.94. The Hall–Kier alpha value is -1.84. The number of nitrogens with zero attached hydrogens (tertiary/aromatic N) is 1. The van der Waals surface area contributed by atoms with Crippen molar-refractivity contribution in [3.05, 3.63) is 59.1 Å². The van der Waals surface area contributed by atoms with Crippen LogP contribution in [0.25, 0.3) is 11.1 Å². The Labute approximate surface area is 142 Å². The molecule has 0 aliphatic carbocycles. The Morgan fingerprint density at radius 3 is 2.57 bits per heavy atom. The summed E-state index contributed by atoms with van der Waals surface area (Å²) >= 11 is 6.23. The molecule has 2 aromatic rings. The zero-order chi connectivity index (χ0) is 16.2. The molecule has 4 heteroatoms. The van der Waals surface area contributed by atoms with Crippen LogP contribution in [0.15, 0.2) is 48.5 Å². The summed E-state index contributed by atoms with van der Waals surface area (Å²) in [5.74, 6) is 0.0749. The molecule has 0 bridgehead atoms. The van der Waals surface area contributed by atoms with Crippen molar-refractivity contribution >= 4 is 17.5 Å². The van der Waals surface area contributed by atoms with Crippen molar-refractivity contribution in [2.75, 3.05) is 13.1 Å². The highest BCUT2D eigenvalue weighted by atomic mass is 35.5. The summed E-state index contributed by atoms with van der Waals surface area (Å²) in [7, 11) is 0. The molecule has 1 fully saturated rings. The van der Waals surface area contributed by atoms with E-state index in [0.717, 1.165) is 36.9 Å². The Morgan fingerprint density at radius 2 is 1.87 bits per heavy atom. The summed E-state index contributed by atoms with van der Waals surface area (Å²) < 4.78 is 0. The zero-order valence-corrected chi connectivity index (χ0v) is 13.8. The van der Waals surface area contributed by atoms with Crippen molar-refractivity contribution < 1.29 is 4.79 Å². The molecule has 0 spiro atoms. The fraction of sp³-hybridized carbons (Fsp3) is 0.316. The first kappa shape index (κ1) is 16.0. The third kappa shape index (κ3) is 3.41. The van der Waals surface area contributed by atoms with Gasteiger partial charge in [0, 0.05) is 35.3 Å². The molecule has 3 nitrogen and oxygen atoms in total. The molecule has 2 N–H and O–H groups in total. The molecule has 1 saturated heterocycles. The molecule has 2 aromatic carbocycles. The van der Waals surface area contributed by atoms with Crippen LogP contribution < -0.4 is 5.73 Å². The third-order valence-corrected chi connectivity index (χ3v) is 4.81. The Morgan fingerprint density at radius 1 is 1.13 bits per heavy atom. The minimum Gasteiger partial charge on any atom is -0.334 e. The molecule has 0 radical (unpaired) electrons. The first-order valence-electron chi connectivity index (χ1n) is 8.06. The molecule has 0 saturated carbocycles. The number of likely N-dealkylation sites (tertiary alicyclic amines) is 1. The molecule has 1 amide bonds. The van der Waals surface area contributed by atoms with E-state index in [2.05, 4.69) is 0 Å². The van der Waals surface area contributed by atoms with Crippen LogP contribution in [-0.4, -0.2) is 29.9 Å². The van der Waals surface area contributed by atoms with Gasteiger partial charge >= 0.3 is 0 Å². The number of nitrogens with two attached hydrogens (primary N) is 1. The van der Waals surface area contributed by atoms with E-state index in [-0.39, 0.29) is 11.9 Å². The Balaban J connectivity index is 1.82. The summed E-state index contributed by atoms with van der Waals surface area (Å²) in [6, 6.07) is 15.5. The number of hydrogen-bond acceptors (Lipinski definition) is 2. The lowest BCUT2D eigenvalue weighted by Crippen LogP contribution is -2.47. The smallest absolute Gasteiger partial charge is 0.254 e. The highest BCUT2D eigenvalue weighted by Crippen LogP contribution is 2.28. The minimum atomic E-state index is 0.0749. The van der Waals surface area contributed by atoms with Crippen LogP contribution in [0.1, 0.15) is 29.6 Å². The van der Waals surface area contributed by atoms with Crippen molar-refractivity contribution in [3.63, 3.8) is 0 Å². The van der Waals surface area contributed by atoms with Gasteiger partial charge in [-0.1, -0.05) is 41.9 Å². The van der Waals surface area contributed by atoms with E-state index in [1.54, 1.807) is 0 Å². The van der Waals surface area contributed by atoms with E-state index >= 15 is 0 Å². The predicted octanol–water partition coefficient (Wildman–Crippen LogP) is 3.96. The third-order valence-electron chi connectivity index (χ3n) is 4.48. The zero-order valence-electron chi connectivity index (χ0n) is 13.0. The van der Waals surface area contributed by atoms with E-state index in [9.17, 15) is 4.79 Å². The highest BCUT2D eigenvalue weighted by Gasteiger charge is 2.26. The van der Waals surface area contributed by atoms with Gasteiger partial charge in [-0.15, -0.1) is 0 Å². The second-order valence-corrected chi connectivity index (χ2v) is 6.35. The van der Waals surface area contributed by atoms with Crippen LogP contribution in [-0.2, 0) is 0 Å². The lowest BCUT2D eigenvalue weighted by molar-refractivity contribution is 0.0623. The molecule has 0 aromatic heterocycles. The van der Waals surface area contributed by atoms with E-state index < -0.39 is 0 Å². The number of piperidine rings is 1. The average Bonchev–Trinajstić information content (AvgIpc) is 2.61. The topological polar surface area (TPSA) is 46.3 Å². The molecule has 1 unspecified atom stereocenters. The van der Waals surface area contributed by atoms with Crippen molar-refractivity contribution in [2.45, 2.75) is 25.3 Å². The van der Waals surface area contributed by atoms with Gasteiger partial charge in [0.2, 0.25) is 0 Å². The fourth-order valence-corrected chi connectivity index (χ4v) is 3.41. The summed E-state index contributed by atoms with van der Waals surface area (Å²) in [5.41, 5.74) is 8.52. The molecule has 1 atom stereocenters. The van der Waals surface area contributed by atoms with Crippen LogP contribution in [0.2, 0.25) is 5.02 Å². The van der Waals surface area contributed by atoms with Gasteiger partial charge in [-0.05, 0) is 43.0 Å². The monoisotopic (exact) mass is 328 g/mol. The minimum absolute atomic E-state index is 0.0749. The standard InChI is InChI=1S/C19H21ClN2O/c20-18-7-2-1-6-17(18)14-8-10-15(11-9-14)19(23)22-12-4-3-5-16(22)13-21/h1-2,6-11,16H,3-5,12-13,21H2. The van der Waals surface area contributed by atoms with Gasteiger partial charge in [-0.2, -0.15) is 0 Å². The van der Waals surface area contributed by atoms with Crippen LogP contribution in [0, 0.1) is 0 Å².